The number of carbonyl (C=O) groups excluding carboxylic acids is 2. The highest BCUT2D eigenvalue weighted by Gasteiger charge is 2.55. The molecule has 5 N–H and O–H groups in total. The molecule has 1 aliphatic carbocycles. The van der Waals surface area contributed by atoms with Gasteiger partial charge in [0.15, 0.2) is 0 Å². The maximum Gasteiger partial charge on any atom is 0.242 e. The van der Waals surface area contributed by atoms with Gasteiger partial charge in [-0.3, -0.25) is 14.5 Å². The fourth-order valence-electron chi connectivity index (χ4n) is 6.03. The van der Waals surface area contributed by atoms with Gasteiger partial charge < -0.3 is 31.3 Å². The molecule has 1 saturated carbocycles. The van der Waals surface area contributed by atoms with E-state index in [0.29, 0.717) is 51.1 Å². The zero-order valence-corrected chi connectivity index (χ0v) is 21.8. The van der Waals surface area contributed by atoms with E-state index in [4.69, 9.17) is 21.2 Å². The fraction of sp³-hybridized carbons (Fsp3) is 0.593. The van der Waals surface area contributed by atoms with E-state index in [1.54, 1.807) is 31.0 Å². The highest BCUT2D eigenvalue weighted by atomic mass is 16.5. The Labute approximate surface area is 218 Å². The van der Waals surface area contributed by atoms with Gasteiger partial charge in [0.25, 0.3) is 0 Å². The minimum atomic E-state index is -0.892. The molecule has 3 unspecified atom stereocenters. The van der Waals surface area contributed by atoms with Gasteiger partial charge in [-0.25, -0.2) is 4.99 Å². The van der Waals surface area contributed by atoms with Crippen molar-refractivity contribution >= 4 is 23.8 Å². The summed E-state index contributed by atoms with van der Waals surface area (Å²) in [7, 11) is 0. The first-order valence-electron chi connectivity index (χ1n) is 13.3. The Hall–Kier alpha value is -2.95. The lowest BCUT2D eigenvalue weighted by Gasteiger charge is -2.38. The molecule has 2 amide bonds. The summed E-state index contributed by atoms with van der Waals surface area (Å²) in [6.45, 7) is 9.62. The monoisotopic (exact) mass is 509 g/mol. The highest BCUT2D eigenvalue weighted by Crippen LogP contribution is 2.51. The first-order valence-corrected chi connectivity index (χ1v) is 13.3. The molecule has 3 aliphatic heterocycles. The second-order valence-corrected chi connectivity index (χ2v) is 11.2. The molecule has 10 nitrogen and oxygen atoms in total. The highest BCUT2D eigenvalue weighted by molar-refractivity contribution is 5.95. The fourth-order valence-corrected chi connectivity index (χ4v) is 6.03. The van der Waals surface area contributed by atoms with Crippen molar-refractivity contribution in [2.24, 2.45) is 34.2 Å². The number of carbonyl (C=O) groups is 2. The van der Waals surface area contributed by atoms with Crippen molar-refractivity contribution in [3.8, 4) is 5.75 Å². The van der Waals surface area contributed by atoms with Crippen LogP contribution in [0.1, 0.15) is 19.4 Å². The van der Waals surface area contributed by atoms with Gasteiger partial charge in [-0.05, 0) is 62.3 Å². The van der Waals surface area contributed by atoms with E-state index in [1.807, 2.05) is 12.1 Å². The number of amides is 2. The zero-order chi connectivity index (χ0) is 26.2. The number of aliphatic imine (C=N–C) groups is 1. The third-order valence-electron chi connectivity index (χ3n) is 8.21. The van der Waals surface area contributed by atoms with Gasteiger partial charge in [0.05, 0.1) is 11.2 Å². The number of nitrogens with zero attached hydrogens (tertiary/aromatic N) is 4. The van der Waals surface area contributed by atoms with Crippen LogP contribution in [0, 0.1) is 17.8 Å². The number of likely N-dealkylation sites (tertiary alicyclic amines) is 1. The van der Waals surface area contributed by atoms with Crippen LogP contribution >= 0.6 is 0 Å². The molecule has 1 aromatic carbocycles. The van der Waals surface area contributed by atoms with Crippen molar-refractivity contribution < 1.29 is 14.3 Å². The van der Waals surface area contributed by atoms with E-state index in [-0.39, 0.29) is 5.91 Å². The maximum absolute atomic E-state index is 12.6. The van der Waals surface area contributed by atoms with Crippen LogP contribution in [-0.2, 0) is 16.0 Å². The van der Waals surface area contributed by atoms with E-state index in [0.717, 1.165) is 55.2 Å². The number of fused-ring (bicyclic) bond motifs is 2. The molecular formula is C27H39N7O3. The Morgan fingerprint density at radius 2 is 1.89 bits per heavy atom. The smallest absolute Gasteiger partial charge is 0.242 e. The Balaban J connectivity index is 1.25. The van der Waals surface area contributed by atoms with Crippen molar-refractivity contribution in [2.45, 2.75) is 31.8 Å². The van der Waals surface area contributed by atoms with Gasteiger partial charge in [-0.2, -0.15) is 0 Å². The van der Waals surface area contributed by atoms with E-state index < -0.39 is 5.54 Å². The van der Waals surface area contributed by atoms with Crippen molar-refractivity contribution in [1.29, 1.82) is 0 Å². The summed E-state index contributed by atoms with van der Waals surface area (Å²) in [5.41, 5.74) is 13.0. The van der Waals surface area contributed by atoms with Crippen LogP contribution in [0.2, 0.25) is 0 Å². The Morgan fingerprint density at radius 3 is 2.54 bits per heavy atom. The first-order chi connectivity index (χ1) is 17.8. The number of rotatable bonds is 7. The SMILES string of the molecule is CC(C)(N)C(=O)N1CCN(C(/C=C\NC=O)=Nc2ccc3c(c2)OCC(N2CC4C(CN)C4C2)C3)CC1. The third kappa shape index (κ3) is 5.51. The van der Waals surface area contributed by atoms with Crippen LogP contribution < -0.4 is 21.5 Å². The average Bonchev–Trinajstić information content (AvgIpc) is 3.37. The molecule has 37 heavy (non-hydrogen) atoms. The van der Waals surface area contributed by atoms with E-state index in [2.05, 4.69) is 21.2 Å². The zero-order valence-electron chi connectivity index (χ0n) is 21.8. The number of ether oxygens (including phenoxy) is 1. The van der Waals surface area contributed by atoms with Crippen LogP contribution in [0.15, 0.2) is 35.5 Å². The van der Waals surface area contributed by atoms with Crippen LogP contribution in [0.5, 0.6) is 5.75 Å². The van der Waals surface area contributed by atoms with Crippen molar-refractivity contribution in [2.75, 3.05) is 52.4 Å². The van der Waals surface area contributed by atoms with Gasteiger partial charge in [-0.15, -0.1) is 0 Å². The molecule has 0 spiro atoms. The molecule has 0 aromatic heterocycles. The second-order valence-electron chi connectivity index (χ2n) is 11.2. The van der Waals surface area contributed by atoms with Crippen LogP contribution in [0.4, 0.5) is 5.69 Å². The van der Waals surface area contributed by atoms with Gasteiger partial charge in [0, 0.05) is 57.6 Å². The molecule has 3 fully saturated rings. The Kier molecular flexibility index (Phi) is 7.24. The lowest BCUT2D eigenvalue weighted by molar-refractivity contribution is -0.137. The van der Waals surface area contributed by atoms with Gasteiger partial charge in [0.2, 0.25) is 12.3 Å². The molecule has 3 heterocycles. The van der Waals surface area contributed by atoms with Crippen LogP contribution in [0.3, 0.4) is 0 Å². The van der Waals surface area contributed by atoms with Crippen LogP contribution in [0.25, 0.3) is 0 Å². The molecule has 3 atom stereocenters. The summed E-state index contributed by atoms with van der Waals surface area (Å²) >= 11 is 0. The minimum Gasteiger partial charge on any atom is -0.492 e. The molecule has 1 aromatic rings. The second kappa shape index (κ2) is 10.4. The molecule has 2 saturated heterocycles. The Bertz CT molecular complexity index is 1060. The van der Waals surface area contributed by atoms with E-state index >= 15 is 0 Å². The number of amidine groups is 1. The first kappa shape index (κ1) is 25.7. The van der Waals surface area contributed by atoms with E-state index in [1.165, 1.54) is 5.56 Å². The Morgan fingerprint density at radius 1 is 1.19 bits per heavy atom. The van der Waals surface area contributed by atoms with Crippen molar-refractivity contribution in [1.82, 2.24) is 20.0 Å². The predicted octanol–water partition coefficient (Wildman–Crippen LogP) is 0.298. The summed E-state index contributed by atoms with van der Waals surface area (Å²) in [5, 5.41) is 2.56. The summed E-state index contributed by atoms with van der Waals surface area (Å²) in [6.07, 6.45) is 4.96. The molecule has 0 bridgehead atoms. The van der Waals surface area contributed by atoms with Crippen molar-refractivity contribution in [3.63, 3.8) is 0 Å². The normalized spacial score (nSPS) is 28.1. The summed E-state index contributed by atoms with van der Waals surface area (Å²) in [5.74, 6) is 3.84. The molecule has 0 radical (unpaired) electrons. The lowest BCUT2D eigenvalue weighted by atomic mass is 10.0. The number of nitrogens with two attached hydrogens (primary N) is 2. The lowest BCUT2D eigenvalue weighted by Crippen LogP contribution is -2.57. The largest absolute Gasteiger partial charge is 0.492 e. The quantitative estimate of drug-likeness (QED) is 0.274. The van der Waals surface area contributed by atoms with Crippen molar-refractivity contribution in [3.05, 3.63) is 36.0 Å². The third-order valence-corrected chi connectivity index (χ3v) is 8.21. The number of hydrogen-bond acceptors (Lipinski definition) is 7. The van der Waals surface area contributed by atoms with Gasteiger partial charge in [0.1, 0.15) is 18.2 Å². The molecule has 200 valence electrons. The standard InChI is InChI=1S/C27H39N7O3/c1-27(2,29)26(36)33-9-7-32(8-10-33)25(5-6-30-17-35)31-19-4-3-18-11-20(16-37-24(18)12-19)34-14-22-21(13-28)23(22)15-34/h3-6,12,17,20-23H,7-11,13-16,28-29H2,1-2H3,(H,30,35)/b6-5-,31-25?. The summed E-state index contributed by atoms with van der Waals surface area (Å²) in [4.78, 5) is 34.7. The summed E-state index contributed by atoms with van der Waals surface area (Å²) in [6, 6.07) is 6.55. The minimum absolute atomic E-state index is 0.0564. The summed E-state index contributed by atoms with van der Waals surface area (Å²) < 4.78 is 6.21. The van der Waals surface area contributed by atoms with E-state index in [9.17, 15) is 9.59 Å². The number of piperazine rings is 1. The number of piperidine rings is 1. The molecule has 5 rings (SSSR count). The average molecular weight is 510 g/mol. The topological polar surface area (TPSA) is 130 Å². The predicted molar refractivity (Wildman–Crippen MR) is 142 cm³/mol. The molecular weight excluding hydrogens is 470 g/mol. The number of hydrogen-bond donors (Lipinski definition) is 3. The molecule has 4 aliphatic rings. The molecule has 10 heteroatoms. The van der Waals surface area contributed by atoms with Gasteiger partial charge >= 0.3 is 0 Å². The van der Waals surface area contributed by atoms with Crippen LogP contribution in [-0.4, -0.2) is 96.9 Å². The maximum atomic E-state index is 12.6. The number of nitrogens with one attached hydrogen (secondary N) is 1. The van der Waals surface area contributed by atoms with Gasteiger partial charge in [-0.1, -0.05) is 6.07 Å². The number of benzene rings is 1.